The van der Waals surface area contributed by atoms with E-state index in [-0.39, 0.29) is 5.91 Å². The first-order valence-corrected chi connectivity index (χ1v) is 8.98. The highest BCUT2D eigenvalue weighted by Crippen LogP contribution is 2.34. The number of fused-ring (bicyclic) bond motifs is 3. The number of benzene rings is 1. The zero-order valence-electron chi connectivity index (χ0n) is 15.9. The summed E-state index contributed by atoms with van der Waals surface area (Å²) in [6, 6.07) is 10.6. The van der Waals surface area contributed by atoms with Crippen molar-refractivity contribution in [2.24, 2.45) is 0 Å². The van der Waals surface area contributed by atoms with Crippen molar-refractivity contribution in [1.29, 1.82) is 0 Å². The number of hydrogen-bond acceptors (Lipinski definition) is 3. The second kappa shape index (κ2) is 7.93. The lowest BCUT2D eigenvalue weighted by molar-refractivity contribution is 0.0926. The summed E-state index contributed by atoms with van der Waals surface area (Å²) in [7, 11) is 3.30. The third kappa shape index (κ3) is 3.22. The van der Waals surface area contributed by atoms with Crippen LogP contribution >= 0.6 is 0 Å². The molecule has 3 rings (SSSR count). The van der Waals surface area contributed by atoms with Gasteiger partial charge in [-0.1, -0.05) is 18.2 Å². The molecular weight excluding hydrogens is 330 g/mol. The van der Waals surface area contributed by atoms with E-state index < -0.39 is 0 Å². The first kappa shape index (κ1) is 18.5. The van der Waals surface area contributed by atoms with E-state index in [2.05, 4.69) is 46.5 Å². The number of para-hydroxylation sites is 1. The Kier molecular flexibility index (Phi) is 5.64. The van der Waals surface area contributed by atoms with Crippen LogP contribution in [0.1, 0.15) is 30.4 Å². The van der Waals surface area contributed by atoms with Crippen molar-refractivity contribution in [2.45, 2.75) is 26.4 Å². The van der Waals surface area contributed by atoms with Gasteiger partial charge in [-0.25, -0.2) is 0 Å². The van der Waals surface area contributed by atoms with Gasteiger partial charge >= 0.3 is 0 Å². The van der Waals surface area contributed by atoms with Gasteiger partial charge in [-0.2, -0.15) is 0 Å². The molecular formula is C20H27N3O3. The Bertz CT molecular complexity index is 908. The summed E-state index contributed by atoms with van der Waals surface area (Å²) >= 11 is 0. The van der Waals surface area contributed by atoms with Gasteiger partial charge in [0, 0.05) is 38.7 Å². The van der Waals surface area contributed by atoms with Crippen molar-refractivity contribution in [1.82, 2.24) is 14.5 Å². The monoisotopic (exact) mass is 357 g/mol. The quantitative estimate of drug-likeness (QED) is 0.630. The number of nitrogens with one attached hydrogen (secondary N) is 1. The molecule has 6 heteroatoms. The molecule has 140 valence electrons. The zero-order chi connectivity index (χ0) is 18.7. The van der Waals surface area contributed by atoms with E-state index in [1.165, 1.54) is 5.52 Å². The predicted octanol–water partition coefficient (Wildman–Crippen LogP) is 3.20. The molecule has 0 saturated carbocycles. The maximum Gasteiger partial charge on any atom is 0.268 e. The molecule has 3 aromatic rings. The second-order valence-corrected chi connectivity index (χ2v) is 6.64. The number of rotatable bonds is 8. The lowest BCUT2D eigenvalue weighted by atomic mass is 10.2. The average molecular weight is 357 g/mol. The van der Waals surface area contributed by atoms with Gasteiger partial charge in [0.05, 0.1) is 29.8 Å². The molecule has 1 amide bonds. The van der Waals surface area contributed by atoms with Crippen LogP contribution < -0.4 is 5.32 Å². The molecule has 0 spiro atoms. The van der Waals surface area contributed by atoms with Crippen LogP contribution in [0.4, 0.5) is 0 Å². The fourth-order valence-electron chi connectivity index (χ4n) is 3.53. The van der Waals surface area contributed by atoms with E-state index in [4.69, 9.17) is 9.47 Å². The van der Waals surface area contributed by atoms with Crippen LogP contribution in [0.15, 0.2) is 30.3 Å². The molecule has 2 heterocycles. The standard InChI is InChI=1S/C20H27N3O3/c1-14(2)23-16-8-6-5-7-15(16)19-17(23)13-18(22(19)10-12-26-4)20(24)21-9-11-25-3/h5-8,13-14H,9-12H2,1-4H3,(H,21,24). The summed E-state index contributed by atoms with van der Waals surface area (Å²) in [5.41, 5.74) is 4.01. The Morgan fingerprint density at radius 3 is 2.54 bits per heavy atom. The summed E-state index contributed by atoms with van der Waals surface area (Å²) in [4.78, 5) is 12.8. The van der Waals surface area contributed by atoms with Crippen LogP contribution in [-0.4, -0.2) is 49.0 Å². The largest absolute Gasteiger partial charge is 0.383 e. The number of methoxy groups -OCH3 is 2. The highest BCUT2D eigenvalue weighted by atomic mass is 16.5. The molecule has 1 N–H and O–H groups in total. The smallest absolute Gasteiger partial charge is 0.268 e. The van der Waals surface area contributed by atoms with Gasteiger partial charge in [0.1, 0.15) is 5.69 Å². The van der Waals surface area contributed by atoms with Gasteiger partial charge in [0.15, 0.2) is 0 Å². The van der Waals surface area contributed by atoms with Gasteiger partial charge in [0.25, 0.3) is 5.91 Å². The molecule has 0 atom stereocenters. The lowest BCUT2D eigenvalue weighted by Gasteiger charge is -2.11. The number of amides is 1. The van der Waals surface area contributed by atoms with Crippen LogP contribution in [0.2, 0.25) is 0 Å². The number of aromatic nitrogens is 2. The maximum absolute atomic E-state index is 12.8. The van der Waals surface area contributed by atoms with E-state index in [0.717, 1.165) is 16.4 Å². The van der Waals surface area contributed by atoms with Gasteiger partial charge in [-0.3, -0.25) is 4.79 Å². The minimum absolute atomic E-state index is 0.0891. The highest BCUT2D eigenvalue weighted by Gasteiger charge is 2.22. The molecule has 0 saturated heterocycles. The Hall–Kier alpha value is -2.31. The lowest BCUT2D eigenvalue weighted by Crippen LogP contribution is -2.29. The van der Waals surface area contributed by atoms with Crippen LogP contribution in [0, 0.1) is 0 Å². The van der Waals surface area contributed by atoms with Crippen molar-refractivity contribution in [3.63, 3.8) is 0 Å². The molecule has 0 fully saturated rings. The minimum atomic E-state index is -0.0891. The average Bonchev–Trinajstić information content (AvgIpc) is 3.14. The summed E-state index contributed by atoms with van der Waals surface area (Å²) in [6.07, 6.45) is 0. The van der Waals surface area contributed by atoms with Crippen molar-refractivity contribution < 1.29 is 14.3 Å². The number of ether oxygens (including phenoxy) is 2. The number of carbonyl (C=O) groups is 1. The molecule has 0 aliphatic carbocycles. The maximum atomic E-state index is 12.8. The second-order valence-electron chi connectivity index (χ2n) is 6.64. The van der Waals surface area contributed by atoms with E-state index in [1.54, 1.807) is 14.2 Å². The summed E-state index contributed by atoms with van der Waals surface area (Å²) < 4.78 is 14.7. The number of carbonyl (C=O) groups excluding carboxylic acids is 1. The van der Waals surface area contributed by atoms with E-state index in [0.29, 0.717) is 38.0 Å². The topological polar surface area (TPSA) is 57.4 Å². The molecule has 0 aliphatic rings. The van der Waals surface area contributed by atoms with E-state index in [1.807, 2.05) is 12.1 Å². The Labute approximate surface area is 153 Å². The SMILES string of the molecule is COCCNC(=O)c1cc2c(c3ccccc3n2C(C)C)n1CCOC. The van der Waals surface area contributed by atoms with Crippen LogP contribution in [0.25, 0.3) is 21.9 Å². The highest BCUT2D eigenvalue weighted by molar-refractivity contribution is 6.10. The van der Waals surface area contributed by atoms with E-state index in [9.17, 15) is 4.79 Å². The Balaban J connectivity index is 2.19. The fourth-order valence-corrected chi connectivity index (χ4v) is 3.53. The number of hydrogen-bond donors (Lipinski definition) is 1. The molecule has 0 unspecified atom stereocenters. The Morgan fingerprint density at radius 2 is 1.85 bits per heavy atom. The van der Waals surface area contributed by atoms with Crippen molar-refractivity contribution in [3.8, 4) is 0 Å². The molecule has 0 bridgehead atoms. The molecule has 26 heavy (non-hydrogen) atoms. The molecule has 1 aromatic carbocycles. The Morgan fingerprint density at radius 1 is 1.12 bits per heavy atom. The molecule has 2 aromatic heterocycles. The van der Waals surface area contributed by atoms with Crippen LogP contribution in [0.3, 0.4) is 0 Å². The van der Waals surface area contributed by atoms with Crippen LogP contribution in [-0.2, 0) is 16.0 Å². The van der Waals surface area contributed by atoms with Crippen molar-refractivity contribution >= 4 is 27.8 Å². The van der Waals surface area contributed by atoms with Crippen LogP contribution in [0.5, 0.6) is 0 Å². The molecule has 6 nitrogen and oxygen atoms in total. The van der Waals surface area contributed by atoms with Gasteiger partial charge in [0.2, 0.25) is 0 Å². The van der Waals surface area contributed by atoms with Gasteiger partial charge < -0.3 is 23.9 Å². The van der Waals surface area contributed by atoms with Crippen molar-refractivity contribution in [2.75, 3.05) is 34.0 Å². The van der Waals surface area contributed by atoms with Crippen molar-refractivity contribution in [3.05, 3.63) is 36.0 Å². The predicted molar refractivity (Wildman–Crippen MR) is 104 cm³/mol. The molecule has 0 radical (unpaired) electrons. The normalized spacial score (nSPS) is 11.7. The summed E-state index contributed by atoms with van der Waals surface area (Å²) in [6.45, 7) is 6.47. The van der Waals surface area contributed by atoms with Gasteiger partial charge in [-0.15, -0.1) is 0 Å². The first-order valence-electron chi connectivity index (χ1n) is 8.98. The third-order valence-electron chi connectivity index (χ3n) is 4.61. The van der Waals surface area contributed by atoms with E-state index >= 15 is 0 Å². The summed E-state index contributed by atoms with van der Waals surface area (Å²) in [5.74, 6) is -0.0891. The number of nitrogens with zero attached hydrogens (tertiary/aromatic N) is 2. The third-order valence-corrected chi connectivity index (χ3v) is 4.61. The van der Waals surface area contributed by atoms with Gasteiger partial charge in [-0.05, 0) is 26.0 Å². The fraction of sp³-hybridized carbons (Fsp3) is 0.450. The summed E-state index contributed by atoms with van der Waals surface area (Å²) in [5, 5.41) is 4.09. The molecule has 0 aliphatic heterocycles. The first-order chi connectivity index (χ1) is 12.6. The zero-order valence-corrected chi connectivity index (χ0v) is 15.9. The minimum Gasteiger partial charge on any atom is -0.383 e.